The molecular weight excluding hydrogens is 316 g/mol. The number of benzene rings is 1. The zero-order valence-corrected chi connectivity index (χ0v) is 14.5. The second kappa shape index (κ2) is 6.77. The van der Waals surface area contributed by atoms with Gasteiger partial charge < -0.3 is 15.5 Å². The number of piperazine rings is 2. The van der Waals surface area contributed by atoms with E-state index in [1.165, 1.54) is 0 Å². The molecule has 3 aliphatic rings. The number of hydrogen-bond acceptors (Lipinski definition) is 4. The van der Waals surface area contributed by atoms with Crippen molar-refractivity contribution in [2.24, 2.45) is 0 Å². The van der Waals surface area contributed by atoms with Gasteiger partial charge in [0, 0.05) is 32.7 Å². The Balaban J connectivity index is 1.60. The molecule has 0 aliphatic carbocycles. The molecule has 6 nitrogen and oxygen atoms in total. The zero-order chi connectivity index (χ0) is 17.3. The van der Waals surface area contributed by atoms with Crippen LogP contribution < -0.4 is 10.6 Å². The molecule has 25 heavy (non-hydrogen) atoms. The van der Waals surface area contributed by atoms with Crippen molar-refractivity contribution >= 4 is 11.8 Å². The molecule has 0 unspecified atom stereocenters. The molecule has 3 aliphatic heterocycles. The molecule has 6 heteroatoms. The highest BCUT2D eigenvalue weighted by Gasteiger charge is 2.46. The number of hydrogen-bond donors (Lipinski definition) is 2. The van der Waals surface area contributed by atoms with E-state index < -0.39 is 5.41 Å². The Morgan fingerprint density at radius 1 is 1.04 bits per heavy atom. The van der Waals surface area contributed by atoms with E-state index in [0.29, 0.717) is 19.6 Å². The van der Waals surface area contributed by atoms with Crippen LogP contribution in [0.4, 0.5) is 0 Å². The number of amides is 2. The van der Waals surface area contributed by atoms with Crippen molar-refractivity contribution < 1.29 is 9.59 Å². The summed E-state index contributed by atoms with van der Waals surface area (Å²) in [5, 5.41) is 6.31. The first-order valence-corrected chi connectivity index (χ1v) is 9.28. The quantitative estimate of drug-likeness (QED) is 0.791. The van der Waals surface area contributed by atoms with Crippen LogP contribution in [-0.2, 0) is 15.0 Å². The monoisotopic (exact) mass is 342 g/mol. The van der Waals surface area contributed by atoms with E-state index in [1.54, 1.807) is 0 Å². The molecule has 0 aromatic heterocycles. The van der Waals surface area contributed by atoms with Crippen LogP contribution in [0, 0.1) is 0 Å². The molecule has 2 amide bonds. The van der Waals surface area contributed by atoms with Gasteiger partial charge in [-0.2, -0.15) is 0 Å². The molecular formula is C19H26N4O2. The van der Waals surface area contributed by atoms with Crippen molar-refractivity contribution in [1.82, 2.24) is 20.4 Å². The van der Waals surface area contributed by atoms with Crippen LogP contribution in [0.2, 0.25) is 0 Å². The van der Waals surface area contributed by atoms with Gasteiger partial charge in [0.2, 0.25) is 11.8 Å². The van der Waals surface area contributed by atoms with E-state index in [4.69, 9.17) is 0 Å². The van der Waals surface area contributed by atoms with Crippen LogP contribution >= 0.6 is 0 Å². The van der Waals surface area contributed by atoms with E-state index in [0.717, 1.165) is 44.6 Å². The fraction of sp³-hybridized carbons (Fsp3) is 0.579. The van der Waals surface area contributed by atoms with Gasteiger partial charge in [0.05, 0.1) is 5.41 Å². The molecule has 3 saturated heterocycles. The Morgan fingerprint density at radius 3 is 2.56 bits per heavy atom. The van der Waals surface area contributed by atoms with E-state index in [-0.39, 0.29) is 17.9 Å². The minimum Gasteiger partial charge on any atom is -0.353 e. The lowest BCUT2D eigenvalue weighted by molar-refractivity contribution is -0.145. The molecule has 2 N–H and O–H groups in total. The molecule has 1 aromatic rings. The summed E-state index contributed by atoms with van der Waals surface area (Å²) in [5.41, 5.74) is 0.650. The number of nitrogens with one attached hydrogen (secondary N) is 2. The first kappa shape index (κ1) is 16.5. The lowest BCUT2D eigenvalue weighted by Crippen LogP contribution is -2.66. The topological polar surface area (TPSA) is 64.7 Å². The van der Waals surface area contributed by atoms with Crippen LogP contribution in [0.1, 0.15) is 18.4 Å². The summed E-state index contributed by atoms with van der Waals surface area (Å²) in [6.45, 7) is 5.30. The summed E-state index contributed by atoms with van der Waals surface area (Å²) in [7, 11) is 0. The maximum absolute atomic E-state index is 13.6. The SMILES string of the molecule is O=C1NCCN2CCN(C(=O)C3(c4ccccc4)CCNCC3)C[C@@H]12. The third-order valence-corrected chi connectivity index (χ3v) is 5.97. The zero-order valence-electron chi connectivity index (χ0n) is 14.5. The van der Waals surface area contributed by atoms with Crippen molar-refractivity contribution in [2.75, 3.05) is 45.8 Å². The molecule has 0 spiro atoms. The van der Waals surface area contributed by atoms with Crippen molar-refractivity contribution in [3.05, 3.63) is 35.9 Å². The van der Waals surface area contributed by atoms with Crippen molar-refractivity contribution in [2.45, 2.75) is 24.3 Å². The second-order valence-electron chi connectivity index (χ2n) is 7.29. The normalized spacial score (nSPS) is 26.6. The molecule has 1 atom stereocenters. The summed E-state index contributed by atoms with van der Waals surface area (Å²) in [5.74, 6) is 0.251. The highest BCUT2D eigenvalue weighted by atomic mass is 16.2. The summed E-state index contributed by atoms with van der Waals surface area (Å²) in [4.78, 5) is 30.0. The molecule has 134 valence electrons. The first-order chi connectivity index (χ1) is 12.2. The smallest absolute Gasteiger partial charge is 0.239 e. The molecule has 3 fully saturated rings. The number of rotatable bonds is 2. The van der Waals surface area contributed by atoms with Crippen LogP contribution in [-0.4, -0.2) is 73.5 Å². The van der Waals surface area contributed by atoms with Crippen molar-refractivity contribution in [3.8, 4) is 0 Å². The summed E-state index contributed by atoms with van der Waals surface area (Å²) in [6, 6.07) is 9.98. The van der Waals surface area contributed by atoms with Crippen molar-refractivity contribution in [1.29, 1.82) is 0 Å². The van der Waals surface area contributed by atoms with Gasteiger partial charge in [-0.25, -0.2) is 0 Å². The number of carbonyl (C=O) groups excluding carboxylic acids is 2. The van der Waals surface area contributed by atoms with Crippen molar-refractivity contribution in [3.63, 3.8) is 0 Å². The number of piperidine rings is 1. The maximum atomic E-state index is 13.6. The summed E-state index contributed by atoms with van der Waals surface area (Å²) in [6.07, 6.45) is 1.62. The first-order valence-electron chi connectivity index (χ1n) is 9.28. The van der Waals surface area contributed by atoms with E-state index >= 15 is 0 Å². The average molecular weight is 342 g/mol. The fourth-order valence-electron chi connectivity index (χ4n) is 4.50. The maximum Gasteiger partial charge on any atom is 0.239 e. The molecule has 1 aromatic carbocycles. The molecule has 4 rings (SSSR count). The van der Waals surface area contributed by atoms with Crippen LogP contribution in [0.25, 0.3) is 0 Å². The molecule has 3 heterocycles. The number of nitrogens with zero attached hydrogens (tertiary/aromatic N) is 2. The van der Waals surface area contributed by atoms with Crippen LogP contribution in [0.5, 0.6) is 0 Å². The third kappa shape index (κ3) is 2.93. The predicted octanol–water partition coefficient (Wildman–Crippen LogP) is -0.0496. The Morgan fingerprint density at radius 2 is 1.80 bits per heavy atom. The molecule has 0 radical (unpaired) electrons. The third-order valence-electron chi connectivity index (χ3n) is 5.97. The van der Waals surface area contributed by atoms with Gasteiger partial charge in [-0.3, -0.25) is 14.5 Å². The summed E-state index contributed by atoms with van der Waals surface area (Å²) < 4.78 is 0. The fourth-order valence-corrected chi connectivity index (χ4v) is 4.50. The van der Waals surface area contributed by atoms with Gasteiger partial charge >= 0.3 is 0 Å². The largest absolute Gasteiger partial charge is 0.353 e. The highest BCUT2D eigenvalue weighted by Crippen LogP contribution is 2.36. The Labute approximate surface area is 148 Å². The van der Waals surface area contributed by atoms with Gasteiger partial charge in [-0.1, -0.05) is 30.3 Å². The Kier molecular flexibility index (Phi) is 4.48. The van der Waals surface area contributed by atoms with E-state index in [2.05, 4.69) is 27.7 Å². The van der Waals surface area contributed by atoms with Gasteiger partial charge in [0.25, 0.3) is 0 Å². The van der Waals surface area contributed by atoms with E-state index in [1.807, 2.05) is 23.1 Å². The second-order valence-corrected chi connectivity index (χ2v) is 7.29. The van der Waals surface area contributed by atoms with E-state index in [9.17, 15) is 9.59 Å². The van der Waals surface area contributed by atoms with Crippen LogP contribution in [0.3, 0.4) is 0 Å². The van der Waals surface area contributed by atoms with Gasteiger partial charge in [0.15, 0.2) is 0 Å². The average Bonchev–Trinajstić information content (AvgIpc) is 2.69. The Bertz CT molecular complexity index is 642. The van der Waals surface area contributed by atoms with Gasteiger partial charge in [-0.15, -0.1) is 0 Å². The molecule has 0 saturated carbocycles. The lowest BCUT2D eigenvalue weighted by atomic mass is 9.72. The van der Waals surface area contributed by atoms with Gasteiger partial charge in [-0.05, 0) is 31.5 Å². The highest BCUT2D eigenvalue weighted by molar-refractivity contribution is 5.90. The Hall–Kier alpha value is -1.92. The molecule has 0 bridgehead atoms. The minimum absolute atomic E-state index is 0.0582. The predicted molar refractivity (Wildman–Crippen MR) is 95.2 cm³/mol. The standard InChI is InChI=1S/C19H26N4O2/c24-17-16-14-23(13-12-22(16)11-10-21-17)18(25)19(6-8-20-9-7-19)15-4-2-1-3-5-15/h1-5,16,20H,6-14H2,(H,21,24)/t16-/m0/s1. The van der Waals surface area contributed by atoms with Gasteiger partial charge in [0.1, 0.15) is 6.04 Å². The number of carbonyl (C=O) groups is 2. The minimum atomic E-state index is -0.459. The number of fused-ring (bicyclic) bond motifs is 1. The van der Waals surface area contributed by atoms with Crippen LogP contribution in [0.15, 0.2) is 30.3 Å². The lowest BCUT2D eigenvalue weighted by Gasteiger charge is -2.47. The summed E-state index contributed by atoms with van der Waals surface area (Å²) >= 11 is 0.